The van der Waals surface area contributed by atoms with E-state index in [9.17, 15) is 19.5 Å². The van der Waals surface area contributed by atoms with Crippen LogP contribution in [0.15, 0.2) is 24.3 Å². The predicted octanol–water partition coefficient (Wildman–Crippen LogP) is 0.977. The molecule has 1 fully saturated rings. The van der Waals surface area contributed by atoms with E-state index < -0.39 is 35.4 Å². The first-order valence-electron chi connectivity index (χ1n) is 8.98. The summed E-state index contributed by atoms with van der Waals surface area (Å²) < 4.78 is 10.2. The molecule has 1 saturated heterocycles. The SMILES string of the molecule is CCOC(=O)C1(C(=O)OCC)CC(C(C)O)CN1C(=O)c1ccccc1N. The van der Waals surface area contributed by atoms with E-state index in [1.54, 1.807) is 39.0 Å². The molecule has 1 aliphatic rings. The molecule has 1 amide bonds. The fraction of sp³-hybridized carbons (Fsp3) is 0.526. The number of hydrogen-bond donors (Lipinski definition) is 2. The molecule has 0 aliphatic carbocycles. The summed E-state index contributed by atoms with van der Waals surface area (Å²) in [6.45, 7) is 4.85. The van der Waals surface area contributed by atoms with Crippen LogP contribution in [0.2, 0.25) is 0 Å². The zero-order valence-corrected chi connectivity index (χ0v) is 15.8. The van der Waals surface area contributed by atoms with Crippen LogP contribution in [-0.4, -0.2) is 59.3 Å². The quantitative estimate of drug-likeness (QED) is 0.430. The van der Waals surface area contributed by atoms with Gasteiger partial charge in [0.1, 0.15) is 0 Å². The maximum Gasteiger partial charge on any atom is 0.343 e. The van der Waals surface area contributed by atoms with Crippen LogP contribution < -0.4 is 5.73 Å². The predicted molar refractivity (Wildman–Crippen MR) is 97.7 cm³/mol. The first-order chi connectivity index (χ1) is 12.8. The van der Waals surface area contributed by atoms with Gasteiger partial charge in [0.2, 0.25) is 5.54 Å². The molecular weight excluding hydrogens is 352 g/mol. The molecule has 0 radical (unpaired) electrons. The third kappa shape index (κ3) is 3.75. The molecule has 1 aliphatic heterocycles. The van der Waals surface area contributed by atoms with Crippen molar-refractivity contribution in [2.75, 3.05) is 25.5 Å². The highest BCUT2D eigenvalue weighted by molar-refractivity contribution is 6.11. The Labute approximate surface area is 158 Å². The van der Waals surface area contributed by atoms with Gasteiger partial charge < -0.3 is 25.2 Å². The molecule has 2 unspecified atom stereocenters. The zero-order valence-electron chi connectivity index (χ0n) is 15.8. The molecule has 0 saturated carbocycles. The fourth-order valence-corrected chi connectivity index (χ4v) is 3.33. The molecule has 2 rings (SSSR count). The van der Waals surface area contributed by atoms with Crippen LogP contribution in [0.1, 0.15) is 37.6 Å². The number of benzene rings is 1. The summed E-state index contributed by atoms with van der Waals surface area (Å²) >= 11 is 0. The van der Waals surface area contributed by atoms with Crippen LogP contribution in [0.5, 0.6) is 0 Å². The van der Waals surface area contributed by atoms with Crippen LogP contribution in [-0.2, 0) is 19.1 Å². The molecule has 2 atom stereocenters. The lowest BCUT2D eigenvalue weighted by molar-refractivity contribution is -0.171. The fourth-order valence-electron chi connectivity index (χ4n) is 3.33. The average Bonchev–Trinajstić information content (AvgIpc) is 3.04. The van der Waals surface area contributed by atoms with E-state index in [-0.39, 0.29) is 37.4 Å². The number of hydrogen-bond acceptors (Lipinski definition) is 7. The third-order valence-electron chi connectivity index (χ3n) is 4.78. The number of aliphatic hydroxyl groups excluding tert-OH is 1. The highest BCUT2D eigenvalue weighted by Gasteiger charge is 2.61. The highest BCUT2D eigenvalue weighted by atomic mass is 16.6. The Balaban J connectivity index is 2.57. The average molecular weight is 378 g/mol. The number of amides is 1. The molecule has 1 aromatic carbocycles. The van der Waals surface area contributed by atoms with Gasteiger partial charge in [-0.25, -0.2) is 9.59 Å². The van der Waals surface area contributed by atoms with Gasteiger partial charge >= 0.3 is 11.9 Å². The monoisotopic (exact) mass is 378 g/mol. The molecule has 8 heteroatoms. The third-order valence-corrected chi connectivity index (χ3v) is 4.78. The second-order valence-corrected chi connectivity index (χ2v) is 6.51. The summed E-state index contributed by atoms with van der Waals surface area (Å²) in [5.74, 6) is -2.81. The summed E-state index contributed by atoms with van der Waals surface area (Å²) in [7, 11) is 0. The van der Waals surface area contributed by atoms with Crippen LogP contribution in [0.4, 0.5) is 5.69 Å². The van der Waals surface area contributed by atoms with Crippen LogP contribution in [0, 0.1) is 5.92 Å². The number of para-hydroxylation sites is 1. The van der Waals surface area contributed by atoms with Crippen molar-refractivity contribution in [2.45, 2.75) is 38.8 Å². The van der Waals surface area contributed by atoms with Crippen LogP contribution in [0.3, 0.4) is 0 Å². The number of rotatable bonds is 6. The lowest BCUT2D eigenvalue weighted by Crippen LogP contribution is -2.60. The Hall–Kier alpha value is -2.61. The van der Waals surface area contributed by atoms with Gasteiger partial charge in [0.15, 0.2) is 0 Å². The second kappa shape index (κ2) is 8.39. The van der Waals surface area contributed by atoms with E-state index in [2.05, 4.69) is 0 Å². The van der Waals surface area contributed by atoms with Crippen molar-refractivity contribution in [3.05, 3.63) is 29.8 Å². The number of ether oxygens (including phenoxy) is 2. The van der Waals surface area contributed by atoms with Gasteiger partial charge in [0.05, 0.1) is 24.9 Å². The van der Waals surface area contributed by atoms with Crippen molar-refractivity contribution in [1.29, 1.82) is 0 Å². The number of nitrogen functional groups attached to an aromatic ring is 1. The van der Waals surface area contributed by atoms with Crippen molar-refractivity contribution in [3.63, 3.8) is 0 Å². The van der Waals surface area contributed by atoms with Crippen molar-refractivity contribution >= 4 is 23.5 Å². The number of nitrogens with zero attached hydrogens (tertiary/aromatic N) is 1. The van der Waals surface area contributed by atoms with E-state index in [4.69, 9.17) is 15.2 Å². The maximum absolute atomic E-state index is 13.2. The Kier molecular flexibility index (Phi) is 6.43. The minimum atomic E-state index is -1.95. The molecule has 0 spiro atoms. The molecule has 1 heterocycles. The molecule has 148 valence electrons. The number of likely N-dealkylation sites (tertiary alicyclic amines) is 1. The van der Waals surface area contributed by atoms with E-state index in [1.165, 1.54) is 6.07 Å². The number of carbonyl (C=O) groups is 3. The van der Waals surface area contributed by atoms with Crippen LogP contribution in [0.25, 0.3) is 0 Å². The molecule has 8 nitrogen and oxygen atoms in total. The largest absolute Gasteiger partial charge is 0.464 e. The van der Waals surface area contributed by atoms with Gasteiger partial charge in [0, 0.05) is 18.2 Å². The highest BCUT2D eigenvalue weighted by Crippen LogP contribution is 2.39. The van der Waals surface area contributed by atoms with Crippen molar-refractivity contribution in [1.82, 2.24) is 4.90 Å². The molecule has 0 aromatic heterocycles. The van der Waals surface area contributed by atoms with E-state index in [0.29, 0.717) is 0 Å². The molecule has 3 N–H and O–H groups in total. The normalized spacial score (nSPS) is 19.4. The Bertz CT molecular complexity index is 700. The van der Waals surface area contributed by atoms with Gasteiger partial charge in [-0.3, -0.25) is 4.79 Å². The van der Waals surface area contributed by atoms with Gasteiger partial charge in [-0.1, -0.05) is 12.1 Å². The summed E-state index contributed by atoms with van der Waals surface area (Å²) in [5, 5.41) is 10.1. The van der Waals surface area contributed by atoms with E-state index in [1.807, 2.05) is 0 Å². The Morgan fingerprint density at radius 2 is 1.78 bits per heavy atom. The smallest absolute Gasteiger partial charge is 0.343 e. The topological polar surface area (TPSA) is 119 Å². The van der Waals surface area contributed by atoms with Gasteiger partial charge in [-0.15, -0.1) is 0 Å². The first kappa shape index (κ1) is 20.7. The number of esters is 2. The van der Waals surface area contributed by atoms with E-state index >= 15 is 0 Å². The number of nitrogens with two attached hydrogens (primary N) is 1. The number of aliphatic hydroxyl groups is 1. The number of carbonyl (C=O) groups excluding carboxylic acids is 3. The molecule has 0 bridgehead atoms. The van der Waals surface area contributed by atoms with Gasteiger partial charge in [-0.2, -0.15) is 0 Å². The van der Waals surface area contributed by atoms with E-state index in [0.717, 1.165) is 4.90 Å². The lowest BCUT2D eigenvalue weighted by atomic mass is 9.89. The van der Waals surface area contributed by atoms with Crippen molar-refractivity contribution in [3.8, 4) is 0 Å². The standard InChI is InChI=1S/C19H26N2O6/c1-4-26-17(24)19(18(25)27-5-2)10-13(12(3)22)11-21(19)16(23)14-8-6-7-9-15(14)20/h6-9,12-13,22H,4-5,10-11,20H2,1-3H3. The minimum absolute atomic E-state index is 0.00244. The van der Waals surface area contributed by atoms with Gasteiger partial charge in [0.25, 0.3) is 5.91 Å². The summed E-state index contributed by atoms with van der Waals surface area (Å²) in [6.07, 6.45) is -0.917. The Morgan fingerprint density at radius 1 is 1.22 bits per heavy atom. The summed E-state index contributed by atoms with van der Waals surface area (Å²) in [6, 6.07) is 6.40. The molecular formula is C19H26N2O6. The minimum Gasteiger partial charge on any atom is -0.464 e. The summed E-state index contributed by atoms with van der Waals surface area (Å²) in [4.78, 5) is 40.1. The van der Waals surface area contributed by atoms with Crippen molar-refractivity contribution in [2.24, 2.45) is 5.92 Å². The molecule has 27 heavy (non-hydrogen) atoms. The molecule has 1 aromatic rings. The zero-order chi connectivity index (χ0) is 20.2. The number of anilines is 1. The van der Waals surface area contributed by atoms with Gasteiger partial charge in [-0.05, 0) is 39.3 Å². The second-order valence-electron chi connectivity index (χ2n) is 6.51. The van der Waals surface area contributed by atoms with Crippen molar-refractivity contribution < 1.29 is 29.0 Å². The lowest BCUT2D eigenvalue weighted by Gasteiger charge is -2.34. The summed E-state index contributed by atoms with van der Waals surface area (Å²) in [5.41, 5.74) is 4.36. The maximum atomic E-state index is 13.2. The Morgan fingerprint density at radius 3 is 2.26 bits per heavy atom. The first-order valence-corrected chi connectivity index (χ1v) is 8.98. The van der Waals surface area contributed by atoms with Crippen LogP contribution >= 0.6 is 0 Å².